The molecule has 0 aliphatic heterocycles. The van der Waals surface area contributed by atoms with Gasteiger partial charge in [-0.1, -0.05) is 20.3 Å². The van der Waals surface area contributed by atoms with Gasteiger partial charge in [-0.15, -0.1) is 0 Å². The molecule has 2 rings (SSSR count). The van der Waals surface area contributed by atoms with Crippen LogP contribution in [0.2, 0.25) is 0 Å². The highest BCUT2D eigenvalue weighted by Gasteiger charge is 2.26. The number of aromatic nitrogens is 3. The zero-order valence-corrected chi connectivity index (χ0v) is 10.8. The molecule has 0 saturated carbocycles. The van der Waals surface area contributed by atoms with Gasteiger partial charge in [0.1, 0.15) is 5.82 Å². The fraction of sp³-hybridized carbons (Fsp3) is 0.538. The maximum atomic E-state index is 5.76. The van der Waals surface area contributed by atoms with Gasteiger partial charge in [-0.25, -0.2) is 9.67 Å². The standard InChI is InChI=1S/C13H20N4/c1-4-8-13(3,5-2)17-12-10(9-15-17)6-7-11(14)16-12/h6-7,9H,4-5,8H2,1-3H3,(H2,14,16). The van der Waals surface area contributed by atoms with Crippen molar-refractivity contribution in [3.05, 3.63) is 18.3 Å². The topological polar surface area (TPSA) is 56.7 Å². The first-order valence-corrected chi connectivity index (χ1v) is 6.21. The number of anilines is 1. The van der Waals surface area contributed by atoms with Gasteiger partial charge in [-0.2, -0.15) is 5.10 Å². The summed E-state index contributed by atoms with van der Waals surface area (Å²) >= 11 is 0. The Hall–Kier alpha value is -1.58. The molecule has 0 aliphatic rings. The lowest BCUT2D eigenvalue weighted by molar-refractivity contribution is 0.259. The number of nitrogens with two attached hydrogens (primary N) is 1. The second kappa shape index (κ2) is 4.35. The largest absolute Gasteiger partial charge is 0.384 e. The molecule has 0 aromatic carbocycles. The summed E-state index contributed by atoms with van der Waals surface area (Å²) in [6.07, 6.45) is 5.13. The highest BCUT2D eigenvalue weighted by molar-refractivity contribution is 5.76. The predicted octanol–water partition coefficient (Wildman–Crippen LogP) is 2.94. The van der Waals surface area contributed by atoms with Crippen molar-refractivity contribution in [3.63, 3.8) is 0 Å². The molecule has 1 unspecified atom stereocenters. The van der Waals surface area contributed by atoms with E-state index in [1.165, 1.54) is 0 Å². The van der Waals surface area contributed by atoms with Crippen molar-refractivity contribution < 1.29 is 0 Å². The minimum absolute atomic E-state index is 0.0251. The molecule has 4 nitrogen and oxygen atoms in total. The van der Waals surface area contributed by atoms with Gasteiger partial charge in [0, 0.05) is 5.39 Å². The van der Waals surface area contributed by atoms with Gasteiger partial charge in [-0.05, 0) is 31.9 Å². The van der Waals surface area contributed by atoms with Gasteiger partial charge < -0.3 is 5.73 Å². The Labute approximate surface area is 102 Å². The number of nitrogen functional groups attached to an aromatic ring is 1. The lowest BCUT2D eigenvalue weighted by Gasteiger charge is -2.28. The summed E-state index contributed by atoms with van der Waals surface area (Å²) in [5, 5.41) is 5.55. The number of rotatable bonds is 4. The van der Waals surface area contributed by atoms with Gasteiger partial charge in [0.15, 0.2) is 5.65 Å². The molecule has 92 valence electrons. The molecule has 2 N–H and O–H groups in total. The van der Waals surface area contributed by atoms with Crippen LogP contribution in [0.5, 0.6) is 0 Å². The van der Waals surface area contributed by atoms with E-state index in [9.17, 15) is 0 Å². The summed E-state index contributed by atoms with van der Waals surface area (Å²) in [5.41, 5.74) is 6.67. The molecule has 4 heteroatoms. The average Bonchev–Trinajstić information content (AvgIpc) is 2.72. The highest BCUT2D eigenvalue weighted by atomic mass is 15.3. The van der Waals surface area contributed by atoms with Crippen molar-refractivity contribution in [2.45, 2.75) is 45.6 Å². The van der Waals surface area contributed by atoms with Crippen molar-refractivity contribution in [2.24, 2.45) is 0 Å². The third-order valence-corrected chi connectivity index (χ3v) is 3.50. The third-order valence-electron chi connectivity index (χ3n) is 3.50. The van der Waals surface area contributed by atoms with Crippen molar-refractivity contribution >= 4 is 16.9 Å². The lowest BCUT2D eigenvalue weighted by atomic mass is 9.93. The summed E-state index contributed by atoms with van der Waals surface area (Å²) in [7, 11) is 0. The summed E-state index contributed by atoms with van der Waals surface area (Å²) in [4.78, 5) is 4.41. The number of hydrogen-bond acceptors (Lipinski definition) is 3. The molecule has 2 heterocycles. The van der Waals surface area contributed by atoms with Gasteiger partial charge in [0.25, 0.3) is 0 Å². The van der Waals surface area contributed by atoms with Gasteiger partial charge in [-0.3, -0.25) is 0 Å². The summed E-state index contributed by atoms with van der Waals surface area (Å²) < 4.78 is 2.03. The SMILES string of the molecule is CCCC(C)(CC)n1ncc2ccc(N)nc21. The normalized spacial score (nSPS) is 15.0. The average molecular weight is 232 g/mol. The fourth-order valence-corrected chi connectivity index (χ4v) is 2.28. The molecule has 0 fully saturated rings. The molecule has 0 bridgehead atoms. The Balaban J connectivity index is 2.57. The minimum atomic E-state index is 0.0251. The molecule has 0 spiro atoms. The number of pyridine rings is 1. The van der Waals surface area contributed by atoms with E-state index in [2.05, 4.69) is 30.9 Å². The van der Waals surface area contributed by atoms with Crippen LogP contribution in [-0.4, -0.2) is 14.8 Å². The van der Waals surface area contributed by atoms with E-state index in [0.29, 0.717) is 5.82 Å². The van der Waals surface area contributed by atoms with E-state index >= 15 is 0 Å². The zero-order valence-electron chi connectivity index (χ0n) is 10.8. The van der Waals surface area contributed by atoms with Gasteiger partial charge in [0.2, 0.25) is 0 Å². The van der Waals surface area contributed by atoms with Crippen LogP contribution in [-0.2, 0) is 5.54 Å². The zero-order chi connectivity index (χ0) is 12.5. The van der Waals surface area contributed by atoms with Crippen LogP contribution in [0.25, 0.3) is 11.0 Å². The van der Waals surface area contributed by atoms with Crippen LogP contribution in [0, 0.1) is 0 Å². The first-order valence-electron chi connectivity index (χ1n) is 6.21. The number of hydrogen-bond donors (Lipinski definition) is 1. The Bertz CT molecular complexity index is 517. The maximum Gasteiger partial charge on any atom is 0.160 e. The molecule has 0 amide bonds. The minimum Gasteiger partial charge on any atom is -0.384 e. The van der Waals surface area contributed by atoms with Crippen LogP contribution in [0.3, 0.4) is 0 Å². The van der Waals surface area contributed by atoms with Crippen LogP contribution in [0.4, 0.5) is 5.82 Å². The first kappa shape index (κ1) is 11.9. The lowest BCUT2D eigenvalue weighted by Crippen LogP contribution is -2.30. The van der Waals surface area contributed by atoms with Gasteiger partial charge >= 0.3 is 0 Å². The fourth-order valence-electron chi connectivity index (χ4n) is 2.28. The van der Waals surface area contributed by atoms with E-state index in [1.807, 2.05) is 23.0 Å². The molecular weight excluding hydrogens is 212 g/mol. The van der Waals surface area contributed by atoms with Crippen LogP contribution >= 0.6 is 0 Å². The summed E-state index contributed by atoms with van der Waals surface area (Å²) in [6.45, 7) is 6.62. The van der Waals surface area contributed by atoms with E-state index < -0.39 is 0 Å². The Morgan fingerprint density at radius 2 is 2.12 bits per heavy atom. The van der Waals surface area contributed by atoms with Crippen molar-refractivity contribution in [3.8, 4) is 0 Å². The molecule has 0 aliphatic carbocycles. The molecule has 2 aromatic heterocycles. The highest BCUT2D eigenvalue weighted by Crippen LogP contribution is 2.29. The van der Waals surface area contributed by atoms with Crippen molar-refractivity contribution in [2.75, 3.05) is 5.73 Å². The molecule has 17 heavy (non-hydrogen) atoms. The molecule has 0 radical (unpaired) electrons. The van der Waals surface area contributed by atoms with Gasteiger partial charge in [0.05, 0.1) is 11.7 Å². The smallest absolute Gasteiger partial charge is 0.160 e. The van der Waals surface area contributed by atoms with Crippen molar-refractivity contribution in [1.82, 2.24) is 14.8 Å². The third kappa shape index (κ3) is 1.99. The molecule has 1 atom stereocenters. The predicted molar refractivity (Wildman–Crippen MR) is 70.8 cm³/mol. The second-order valence-electron chi connectivity index (χ2n) is 4.81. The van der Waals surface area contributed by atoms with E-state index in [-0.39, 0.29) is 5.54 Å². The Morgan fingerprint density at radius 3 is 2.76 bits per heavy atom. The summed E-state index contributed by atoms with van der Waals surface area (Å²) in [6, 6.07) is 3.79. The first-order chi connectivity index (χ1) is 8.10. The number of nitrogens with zero attached hydrogens (tertiary/aromatic N) is 3. The monoisotopic (exact) mass is 232 g/mol. The Kier molecular flexibility index (Phi) is 3.05. The molecule has 0 saturated heterocycles. The van der Waals surface area contributed by atoms with Crippen LogP contribution < -0.4 is 5.73 Å². The van der Waals surface area contributed by atoms with Crippen LogP contribution in [0.15, 0.2) is 18.3 Å². The molecule has 2 aromatic rings. The molecular formula is C13H20N4. The maximum absolute atomic E-state index is 5.76. The van der Waals surface area contributed by atoms with E-state index in [4.69, 9.17) is 5.73 Å². The van der Waals surface area contributed by atoms with Crippen LogP contribution in [0.1, 0.15) is 40.0 Å². The number of fused-ring (bicyclic) bond motifs is 1. The summed E-state index contributed by atoms with van der Waals surface area (Å²) in [5.74, 6) is 0.550. The quantitative estimate of drug-likeness (QED) is 0.881. The van der Waals surface area contributed by atoms with E-state index in [1.54, 1.807) is 0 Å². The van der Waals surface area contributed by atoms with E-state index in [0.717, 1.165) is 30.3 Å². The Morgan fingerprint density at radius 1 is 1.35 bits per heavy atom. The second-order valence-corrected chi connectivity index (χ2v) is 4.81. The van der Waals surface area contributed by atoms with Crippen molar-refractivity contribution in [1.29, 1.82) is 0 Å².